The molecule has 0 fully saturated rings. The predicted octanol–water partition coefficient (Wildman–Crippen LogP) is 7.54. The van der Waals surface area contributed by atoms with Crippen LogP contribution in [-0.4, -0.2) is 0 Å². The molecule has 0 aliphatic rings. The van der Waals surface area contributed by atoms with Gasteiger partial charge < -0.3 is 4.90 Å². The van der Waals surface area contributed by atoms with Gasteiger partial charge in [-0.15, -0.1) is 0 Å². The number of nitrogens with zero attached hydrogens (tertiary/aromatic N) is 1. The van der Waals surface area contributed by atoms with Crippen LogP contribution in [0.25, 0.3) is 10.8 Å². The van der Waals surface area contributed by atoms with Crippen LogP contribution in [0, 0.1) is 27.7 Å². The number of anilines is 3. The van der Waals surface area contributed by atoms with Crippen molar-refractivity contribution in [3.63, 3.8) is 0 Å². The van der Waals surface area contributed by atoms with Crippen molar-refractivity contribution in [3.8, 4) is 0 Å². The van der Waals surface area contributed by atoms with E-state index in [0.717, 1.165) is 0 Å². The Morgan fingerprint density at radius 1 is 0.593 bits per heavy atom. The number of rotatable bonds is 3. The van der Waals surface area contributed by atoms with Crippen LogP contribution in [0.5, 0.6) is 0 Å². The maximum Gasteiger partial charge on any atom is 0.0540 e. The Morgan fingerprint density at radius 2 is 1.19 bits per heavy atom. The predicted molar refractivity (Wildman–Crippen MR) is 118 cm³/mol. The Balaban J connectivity index is 2.09. The summed E-state index contributed by atoms with van der Waals surface area (Å²) < 4.78 is 0. The molecule has 27 heavy (non-hydrogen) atoms. The maximum absolute atomic E-state index is 2.42. The number of hydrogen-bond donors (Lipinski definition) is 0. The van der Waals surface area contributed by atoms with Gasteiger partial charge in [-0.2, -0.15) is 0 Å². The Bertz CT molecular complexity index is 1080. The van der Waals surface area contributed by atoms with Crippen LogP contribution in [0.2, 0.25) is 0 Å². The molecule has 0 saturated heterocycles. The minimum atomic E-state index is 1.19. The highest BCUT2D eigenvalue weighted by Gasteiger charge is 2.20. The summed E-state index contributed by atoms with van der Waals surface area (Å²) in [6.45, 7) is 8.88. The molecule has 0 unspecified atom stereocenters. The van der Waals surface area contributed by atoms with E-state index in [1.807, 2.05) is 0 Å². The molecular formula is C26H25N. The lowest BCUT2D eigenvalue weighted by molar-refractivity contribution is 1.17. The molecule has 0 aromatic heterocycles. The molecule has 0 heterocycles. The van der Waals surface area contributed by atoms with E-state index < -0.39 is 0 Å². The summed E-state index contributed by atoms with van der Waals surface area (Å²) in [5.74, 6) is 0. The lowest BCUT2D eigenvalue weighted by Gasteiger charge is -2.31. The van der Waals surface area contributed by atoms with Gasteiger partial charge in [-0.05, 0) is 73.5 Å². The molecule has 0 radical (unpaired) electrons. The van der Waals surface area contributed by atoms with E-state index in [9.17, 15) is 0 Å². The second kappa shape index (κ2) is 6.92. The molecule has 0 saturated carbocycles. The molecule has 0 amide bonds. The molecule has 0 bridgehead atoms. The van der Waals surface area contributed by atoms with Gasteiger partial charge >= 0.3 is 0 Å². The fourth-order valence-corrected chi connectivity index (χ4v) is 3.90. The van der Waals surface area contributed by atoms with Gasteiger partial charge in [-0.25, -0.2) is 0 Å². The van der Waals surface area contributed by atoms with E-state index in [4.69, 9.17) is 0 Å². The van der Waals surface area contributed by atoms with Crippen molar-refractivity contribution in [2.24, 2.45) is 0 Å². The summed E-state index contributed by atoms with van der Waals surface area (Å²) in [5, 5.41) is 2.53. The van der Waals surface area contributed by atoms with Gasteiger partial charge in [0, 0.05) is 11.1 Å². The van der Waals surface area contributed by atoms with Gasteiger partial charge in [0.15, 0.2) is 0 Å². The summed E-state index contributed by atoms with van der Waals surface area (Å²) in [6, 6.07) is 28.2. The zero-order chi connectivity index (χ0) is 19.0. The van der Waals surface area contributed by atoms with Gasteiger partial charge in [0.1, 0.15) is 0 Å². The zero-order valence-electron chi connectivity index (χ0n) is 16.5. The Hall–Kier alpha value is -3.06. The van der Waals surface area contributed by atoms with Gasteiger partial charge in [-0.1, -0.05) is 60.7 Å². The third-order valence-electron chi connectivity index (χ3n) is 5.57. The molecule has 1 heteroatoms. The number of para-hydroxylation sites is 1. The molecule has 0 N–H and O–H groups in total. The van der Waals surface area contributed by atoms with Gasteiger partial charge in [-0.3, -0.25) is 0 Å². The average molecular weight is 351 g/mol. The SMILES string of the molecule is Cc1cc(C)c(C)c(N(c2ccccc2)c2cccc3ccccc23)c1C. The van der Waals surface area contributed by atoms with Crippen molar-refractivity contribution in [3.05, 3.63) is 101 Å². The Labute approximate surface area is 161 Å². The number of aryl methyl sites for hydroxylation is 2. The highest BCUT2D eigenvalue weighted by molar-refractivity contribution is 5.99. The van der Waals surface area contributed by atoms with E-state index in [2.05, 4.69) is 111 Å². The molecule has 0 aliphatic heterocycles. The molecule has 4 rings (SSSR count). The fraction of sp³-hybridized carbons (Fsp3) is 0.154. The van der Waals surface area contributed by atoms with Crippen LogP contribution in [0.3, 0.4) is 0 Å². The van der Waals surface area contributed by atoms with Crippen LogP contribution in [0.4, 0.5) is 17.1 Å². The van der Waals surface area contributed by atoms with Gasteiger partial charge in [0.25, 0.3) is 0 Å². The van der Waals surface area contributed by atoms with Crippen LogP contribution >= 0.6 is 0 Å². The number of benzene rings is 4. The molecule has 134 valence electrons. The first-order valence-electron chi connectivity index (χ1n) is 9.48. The smallest absolute Gasteiger partial charge is 0.0540 e. The third kappa shape index (κ3) is 3.00. The summed E-state index contributed by atoms with van der Waals surface area (Å²) >= 11 is 0. The molecular weight excluding hydrogens is 326 g/mol. The fourth-order valence-electron chi connectivity index (χ4n) is 3.90. The van der Waals surface area contributed by atoms with Crippen molar-refractivity contribution in [1.29, 1.82) is 0 Å². The molecule has 4 aromatic carbocycles. The number of fused-ring (bicyclic) bond motifs is 1. The van der Waals surface area contributed by atoms with Crippen molar-refractivity contribution < 1.29 is 0 Å². The quantitative estimate of drug-likeness (QED) is 0.368. The van der Waals surface area contributed by atoms with E-state index in [-0.39, 0.29) is 0 Å². The number of hydrogen-bond acceptors (Lipinski definition) is 1. The second-order valence-corrected chi connectivity index (χ2v) is 7.28. The van der Waals surface area contributed by atoms with E-state index >= 15 is 0 Å². The van der Waals surface area contributed by atoms with Crippen LogP contribution < -0.4 is 4.90 Å². The summed E-state index contributed by atoms with van der Waals surface area (Å²) in [6.07, 6.45) is 0. The molecule has 0 spiro atoms. The minimum Gasteiger partial charge on any atom is -0.309 e. The largest absolute Gasteiger partial charge is 0.309 e. The first kappa shape index (κ1) is 17.4. The lowest BCUT2D eigenvalue weighted by atomic mass is 9.96. The molecule has 4 aromatic rings. The van der Waals surface area contributed by atoms with Gasteiger partial charge in [0.05, 0.1) is 11.4 Å². The van der Waals surface area contributed by atoms with Crippen molar-refractivity contribution in [2.45, 2.75) is 27.7 Å². The van der Waals surface area contributed by atoms with Gasteiger partial charge in [0.2, 0.25) is 0 Å². The van der Waals surface area contributed by atoms with E-state index in [1.165, 1.54) is 50.1 Å². The maximum atomic E-state index is 2.42. The average Bonchev–Trinajstić information content (AvgIpc) is 2.70. The minimum absolute atomic E-state index is 1.19. The summed E-state index contributed by atoms with van der Waals surface area (Å²) in [4.78, 5) is 2.42. The first-order chi connectivity index (χ1) is 13.1. The monoisotopic (exact) mass is 351 g/mol. The van der Waals surface area contributed by atoms with Crippen LogP contribution in [-0.2, 0) is 0 Å². The van der Waals surface area contributed by atoms with Crippen LogP contribution in [0.15, 0.2) is 78.9 Å². The molecule has 0 atom stereocenters. The standard InChI is InChI=1S/C26H25N/c1-18-17-19(2)21(4)26(20(18)3)27(23-13-6-5-7-14-23)25-16-10-12-22-11-8-9-15-24(22)25/h5-17H,1-4H3. The van der Waals surface area contributed by atoms with Crippen molar-refractivity contribution >= 4 is 27.8 Å². The first-order valence-corrected chi connectivity index (χ1v) is 9.48. The van der Waals surface area contributed by atoms with E-state index in [0.29, 0.717) is 0 Å². The van der Waals surface area contributed by atoms with Crippen molar-refractivity contribution in [1.82, 2.24) is 0 Å². The lowest BCUT2D eigenvalue weighted by Crippen LogP contribution is -2.14. The van der Waals surface area contributed by atoms with Crippen LogP contribution in [0.1, 0.15) is 22.3 Å². The zero-order valence-corrected chi connectivity index (χ0v) is 16.5. The molecule has 0 aliphatic carbocycles. The summed E-state index contributed by atoms with van der Waals surface area (Å²) in [5.41, 5.74) is 9.00. The Kier molecular flexibility index (Phi) is 4.45. The summed E-state index contributed by atoms with van der Waals surface area (Å²) in [7, 11) is 0. The Morgan fingerprint density at radius 3 is 1.89 bits per heavy atom. The third-order valence-corrected chi connectivity index (χ3v) is 5.57. The van der Waals surface area contributed by atoms with Crippen molar-refractivity contribution in [2.75, 3.05) is 4.90 Å². The van der Waals surface area contributed by atoms with E-state index in [1.54, 1.807) is 0 Å². The normalized spacial score (nSPS) is 11.0. The topological polar surface area (TPSA) is 3.24 Å². The highest BCUT2D eigenvalue weighted by Crippen LogP contribution is 2.43. The molecule has 1 nitrogen and oxygen atoms in total. The second-order valence-electron chi connectivity index (χ2n) is 7.28. The highest BCUT2D eigenvalue weighted by atomic mass is 15.1.